The Bertz CT molecular complexity index is 1100. The summed E-state index contributed by atoms with van der Waals surface area (Å²) in [5.41, 5.74) is 5.59. The monoisotopic (exact) mass is 406 g/mol. The number of thiocarbonyl (C=S) groups is 1. The number of aryl methyl sites for hydroxylation is 1. The number of rotatable bonds is 3. The molecule has 2 aliphatic heterocycles. The lowest BCUT2D eigenvalue weighted by Crippen LogP contribution is -2.25. The van der Waals surface area contributed by atoms with E-state index in [2.05, 4.69) is 45.7 Å². The summed E-state index contributed by atoms with van der Waals surface area (Å²) in [4.78, 5) is 6.70. The molecule has 0 unspecified atom stereocenters. The second-order valence-electron chi connectivity index (χ2n) is 7.44. The van der Waals surface area contributed by atoms with Crippen molar-refractivity contribution in [1.29, 1.82) is 0 Å². The molecule has 1 aromatic carbocycles. The molecule has 2 aromatic heterocycles. The van der Waals surface area contributed by atoms with Gasteiger partial charge in [-0.15, -0.1) is 0 Å². The highest BCUT2D eigenvalue weighted by Gasteiger charge is 2.39. The Kier molecular flexibility index (Phi) is 4.20. The summed E-state index contributed by atoms with van der Waals surface area (Å²) < 4.78 is 13.3. The SMILES string of the molecule is Cc1cc([C@@H]2[C@@H](c3ccccn3)NC(=S)N2C)c(C)n1-c1ccc2c(c1)OCO2. The Labute approximate surface area is 175 Å². The fourth-order valence-electron chi connectivity index (χ4n) is 4.36. The minimum Gasteiger partial charge on any atom is -0.454 e. The Hall–Kier alpha value is -3.06. The Morgan fingerprint density at radius 3 is 2.72 bits per heavy atom. The summed E-state index contributed by atoms with van der Waals surface area (Å²) in [7, 11) is 2.04. The topological polar surface area (TPSA) is 51.6 Å². The van der Waals surface area contributed by atoms with E-state index in [1.807, 2.05) is 43.6 Å². The van der Waals surface area contributed by atoms with Crippen LogP contribution >= 0.6 is 12.2 Å². The molecule has 1 N–H and O–H groups in total. The third-order valence-corrected chi connectivity index (χ3v) is 6.15. The summed E-state index contributed by atoms with van der Waals surface area (Å²) in [6.07, 6.45) is 1.82. The van der Waals surface area contributed by atoms with Crippen LogP contribution < -0.4 is 14.8 Å². The molecule has 29 heavy (non-hydrogen) atoms. The van der Waals surface area contributed by atoms with E-state index in [4.69, 9.17) is 21.7 Å². The van der Waals surface area contributed by atoms with Crippen molar-refractivity contribution in [3.05, 3.63) is 71.3 Å². The molecule has 2 aliphatic rings. The first-order chi connectivity index (χ1) is 14.0. The van der Waals surface area contributed by atoms with Crippen LogP contribution in [-0.2, 0) is 0 Å². The van der Waals surface area contributed by atoms with E-state index in [1.165, 1.54) is 11.3 Å². The maximum Gasteiger partial charge on any atom is 0.231 e. The van der Waals surface area contributed by atoms with Crippen molar-refractivity contribution in [2.75, 3.05) is 13.8 Å². The number of hydrogen-bond acceptors (Lipinski definition) is 4. The lowest BCUT2D eigenvalue weighted by molar-refractivity contribution is 0.174. The van der Waals surface area contributed by atoms with E-state index in [1.54, 1.807) is 0 Å². The average Bonchev–Trinajstić information content (AvgIpc) is 3.39. The van der Waals surface area contributed by atoms with Crippen LogP contribution in [-0.4, -0.2) is 33.4 Å². The first-order valence-electron chi connectivity index (χ1n) is 9.57. The highest BCUT2D eigenvalue weighted by Crippen LogP contribution is 2.41. The van der Waals surface area contributed by atoms with Crippen LogP contribution in [0.2, 0.25) is 0 Å². The van der Waals surface area contributed by atoms with Gasteiger partial charge in [-0.05, 0) is 62.0 Å². The molecule has 4 heterocycles. The predicted octanol–water partition coefficient (Wildman–Crippen LogP) is 3.82. The van der Waals surface area contributed by atoms with Gasteiger partial charge in [-0.1, -0.05) is 6.07 Å². The molecule has 0 radical (unpaired) electrons. The molecule has 3 aromatic rings. The van der Waals surface area contributed by atoms with Crippen LogP contribution in [0, 0.1) is 13.8 Å². The molecule has 7 heteroatoms. The van der Waals surface area contributed by atoms with Gasteiger partial charge in [0.25, 0.3) is 0 Å². The van der Waals surface area contributed by atoms with Crippen molar-refractivity contribution < 1.29 is 9.47 Å². The van der Waals surface area contributed by atoms with Crippen LogP contribution in [0.15, 0.2) is 48.7 Å². The van der Waals surface area contributed by atoms with Gasteiger partial charge in [0.05, 0.1) is 17.8 Å². The standard InChI is InChI=1S/C22H22N4O2S/c1-13-10-16(14(2)26(13)15-7-8-18-19(11-15)28-12-27-18)21-20(24-22(29)25(21)3)17-6-4-5-9-23-17/h4-11,20-21H,12H2,1-3H3,(H,24,29)/t20-,21-/m1/s1. The zero-order valence-electron chi connectivity index (χ0n) is 16.5. The van der Waals surface area contributed by atoms with Crippen LogP contribution in [0.25, 0.3) is 5.69 Å². The molecule has 0 aliphatic carbocycles. The van der Waals surface area contributed by atoms with E-state index in [9.17, 15) is 0 Å². The average molecular weight is 407 g/mol. The molecule has 0 saturated carbocycles. The van der Waals surface area contributed by atoms with Gasteiger partial charge in [-0.25, -0.2) is 0 Å². The van der Waals surface area contributed by atoms with Gasteiger partial charge < -0.3 is 24.3 Å². The van der Waals surface area contributed by atoms with Crippen LogP contribution in [0.3, 0.4) is 0 Å². The van der Waals surface area contributed by atoms with Crippen LogP contribution in [0.5, 0.6) is 11.5 Å². The molecule has 6 nitrogen and oxygen atoms in total. The fourth-order valence-corrected chi connectivity index (χ4v) is 4.60. The number of fused-ring (bicyclic) bond motifs is 1. The first kappa shape index (κ1) is 18.0. The van der Waals surface area contributed by atoms with Gasteiger partial charge in [0.15, 0.2) is 16.6 Å². The third-order valence-electron chi connectivity index (χ3n) is 5.74. The zero-order valence-corrected chi connectivity index (χ0v) is 17.4. The molecule has 1 fully saturated rings. The predicted molar refractivity (Wildman–Crippen MR) is 115 cm³/mol. The smallest absolute Gasteiger partial charge is 0.231 e. The van der Waals surface area contributed by atoms with Crippen molar-refractivity contribution >= 4 is 17.3 Å². The third kappa shape index (κ3) is 2.84. The van der Waals surface area contributed by atoms with Gasteiger partial charge in [0.2, 0.25) is 6.79 Å². The summed E-state index contributed by atoms with van der Waals surface area (Å²) in [5, 5.41) is 4.18. The minimum atomic E-state index is -0.000552. The van der Waals surface area contributed by atoms with Crippen LogP contribution in [0.4, 0.5) is 0 Å². The number of nitrogens with one attached hydrogen (secondary N) is 1. The molecule has 5 rings (SSSR count). The molecular weight excluding hydrogens is 384 g/mol. The first-order valence-corrected chi connectivity index (χ1v) is 9.98. The maximum atomic E-state index is 5.58. The number of benzene rings is 1. The summed E-state index contributed by atoms with van der Waals surface area (Å²) in [6.45, 7) is 4.55. The molecule has 0 amide bonds. The Morgan fingerprint density at radius 1 is 1.10 bits per heavy atom. The number of ether oxygens (including phenoxy) is 2. The van der Waals surface area contributed by atoms with E-state index in [-0.39, 0.29) is 18.9 Å². The number of hydrogen-bond donors (Lipinski definition) is 1. The van der Waals surface area contributed by atoms with Gasteiger partial charge in [0, 0.05) is 36.4 Å². The Morgan fingerprint density at radius 2 is 1.93 bits per heavy atom. The number of pyridine rings is 1. The molecule has 1 saturated heterocycles. The van der Waals surface area contributed by atoms with Crippen molar-refractivity contribution in [2.24, 2.45) is 0 Å². The number of aromatic nitrogens is 2. The van der Waals surface area contributed by atoms with Gasteiger partial charge >= 0.3 is 0 Å². The summed E-state index contributed by atoms with van der Waals surface area (Å²) >= 11 is 5.58. The van der Waals surface area contributed by atoms with E-state index < -0.39 is 0 Å². The lowest BCUT2D eigenvalue weighted by atomic mass is 9.97. The largest absolute Gasteiger partial charge is 0.454 e. The molecular formula is C22H22N4O2S. The normalized spacial score (nSPS) is 20.2. The van der Waals surface area contributed by atoms with E-state index in [0.29, 0.717) is 0 Å². The highest BCUT2D eigenvalue weighted by atomic mass is 32.1. The van der Waals surface area contributed by atoms with Crippen molar-refractivity contribution in [3.8, 4) is 17.2 Å². The van der Waals surface area contributed by atoms with Crippen molar-refractivity contribution in [2.45, 2.75) is 25.9 Å². The lowest BCUT2D eigenvalue weighted by Gasteiger charge is -2.24. The maximum absolute atomic E-state index is 5.58. The van der Waals surface area contributed by atoms with E-state index >= 15 is 0 Å². The molecule has 2 atom stereocenters. The van der Waals surface area contributed by atoms with Crippen molar-refractivity contribution in [3.63, 3.8) is 0 Å². The minimum absolute atomic E-state index is 0.000552. The zero-order chi connectivity index (χ0) is 20.1. The second-order valence-corrected chi connectivity index (χ2v) is 7.82. The van der Waals surface area contributed by atoms with Gasteiger partial charge in [-0.2, -0.15) is 0 Å². The fraction of sp³-hybridized carbons (Fsp3) is 0.273. The molecule has 0 spiro atoms. The van der Waals surface area contributed by atoms with Gasteiger partial charge in [-0.3, -0.25) is 4.98 Å². The molecule has 148 valence electrons. The Balaban J connectivity index is 1.59. The molecule has 0 bridgehead atoms. The van der Waals surface area contributed by atoms with Crippen molar-refractivity contribution in [1.82, 2.24) is 19.8 Å². The second kappa shape index (κ2) is 6.77. The number of likely N-dealkylation sites (N-methyl/N-ethyl adjacent to an activating group) is 1. The highest BCUT2D eigenvalue weighted by molar-refractivity contribution is 7.80. The quantitative estimate of drug-likeness (QED) is 0.668. The van der Waals surface area contributed by atoms with E-state index in [0.717, 1.165) is 33.7 Å². The summed E-state index contributed by atoms with van der Waals surface area (Å²) in [5.74, 6) is 1.57. The van der Waals surface area contributed by atoms with Gasteiger partial charge in [0.1, 0.15) is 0 Å². The number of nitrogens with zero attached hydrogens (tertiary/aromatic N) is 3. The van der Waals surface area contributed by atoms with Crippen LogP contribution in [0.1, 0.15) is 34.7 Å². The summed E-state index contributed by atoms with van der Waals surface area (Å²) in [6, 6.07) is 14.4.